The van der Waals surface area contributed by atoms with Crippen LogP contribution in [0, 0.1) is 5.92 Å². The van der Waals surface area contributed by atoms with Gasteiger partial charge in [-0.2, -0.15) is 0 Å². The zero-order valence-electron chi connectivity index (χ0n) is 15.8. The fraction of sp³-hybridized carbons (Fsp3) is 0.409. The summed E-state index contributed by atoms with van der Waals surface area (Å²) < 4.78 is 5.87. The number of nitrogens with one attached hydrogen (secondary N) is 1. The van der Waals surface area contributed by atoms with Gasteiger partial charge in [-0.25, -0.2) is 0 Å². The van der Waals surface area contributed by atoms with Crippen molar-refractivity contribution in [2.75, 3.05) is 26.7 Å². The first-order valence-corrected chi connectivity index (χ1v) is 9.91. The third-order valence-corrected chi connectivity index (χ3v) is 5.34. The van der Waals surface area contributed by atoms with E-state index in [4.69, 9.17) is 16.3 Å². The zero-order valence-corrected chi connectivity index (χ0v) is 16.5. The number of likely N-dealkylation sites (tertiary alicyclic amines) is 1. The molecule has 1 amide bonds. The SMILES string of the molecule is CNCC1CCCN(C(=O)Cc2cccc(OCc3ccccc3Cl)c2)C1. The number of piperidine rings is 1. The molecule has 2 aromatic carbocycles. The monoisotopic (exact) mass is 386 g/mol. The third-order valence-electron chi connectivity index (χ3n) is 4.97. The van der Waals surface area contributed by atoms with Crippen LogP contribution in [0.3, 0.4) is 0 Å². The summed E-state index contributed by atoms with van der Waals surface area (Å²) >= 11 is 6.18. The number of halogens is 1. The second-order valence-electron chi connectivity index (χ2n) is 7.11. The molecule has 1 unspecified atom stereocenters. The zero-order chi connectivity index (χ0) is 19.1. The molecular weight excluding hydrogens is 360 g/mol. The highest BCUT2D eigenvalue weighted by molar-refractivity contribution is 6.31. The summed E-state index contributed by atoms with van der Waals surface area (Å²) in [7, 11) is 1.97. The van der Waals surface area contributed by atoms with Gasteiger partial charge in [0.1, 0.15) is 12.4 Å². The predicted octanol–water partition coefficient (Wildman–Crippen LogP) is 3.92. The third kappa shape index (κ3) is 5.72. The number of hydrogen-bond donors (Lipinski definition) is 1. The van der Waals surface area contributed by atoms with Crippen LogP contribution in [-0.2, 0) is 17.8 Å². The van der Waals surface area contributed by atoms with Gasteiger partial charge >= 0.3 is 0 Å². The van der Waals surface area contributed by atoms with Gasteiger partial charge in [0.25, 0.3) is 0 Å². The van der Waals surface area contributed by atoms with Crippen molar-refractivity contribution in [2.45, 2.75) is 25.9 Å². The number of carbonyl (C=O) groups excluding carboxylic acids is 1. The van der Waals surface area contributed by atoms with Crippen molar-refractivity contribution >= 4 is 17.5 Å². The van der Waals surface area contributed by atoms with E-state index in [9.17, 15) is 4.79 Å². The minimum atomic E-state index is 0.194. The number of ether oxygens (including phenoxy) is 1. The summed E-state index contributed by atoms with van der Waals surface area (Å²) in [6.45, 7) is 3.09. The number of hydrogen-bond acceptors (Lipinski definition) is 3. The Morgan fingerprint density at radius 1 is 1.26 bits per heavy atom. The molecule has 1 fully saturated rings. The van der Waals surface area contributed by atoms with Crippen LogP contribution >= 0.6 is 11.6 Å². The maximum Gasteiger partial charge on any atom is 0.227 e. The molecule has 0 aromatic heterocycles. The first kappa shape index (κ1) is 19.7. The van der Waals surface area contributed by atoms with Gasteiger partial charge in [0.2, 0.25) is 5.91 Å². The minimum absolute atomic E-state index is 0.194. The summed E-state index contributed by atoms with van der Waals surface area (Å²) in [6, 6.07) is 15.4. The van der Waals surface area contributed by atoms with Crippen molar-refractivity contribution in [3.8, 4) is 5.75 Å². The molecular formula is C22H27ClN2O2. The summed E-state index contributed by atoms with van der Waals surface area (Å²) in [5.74, 6) is 1.50. The lowest BCUT2D eigenvalue weighted by atomic mass is 9.97. The topological polar surface area (TPSA) is 41.6 Å². The molecule has 0 radical (unpaired) electrons. The Morgan fingerprint density at radius 2 is 2.11 bits per heavy atom. The maximum absolute atomic E-state index is 12.7. The van der Waals surface area contributed by atoms with Crippen molar-refractivity contribution in [3.63, 3.8) is 0 Å². The van der Waals surface area contributed by atoms with Crippen LogP contribution in [-0.4, -0.2) is 37.5 Å². The summed E-state index contributed by atoms with van der Waals surface area (Å²) in [4.78, 5) is 14.7. The van der Waals surface area contributed by atoms with Crippen molar-refractivity contribution in [3.05, 3.63) is 64.7 Å². The van der Waals surface area contributed by atoms with E-state index in [1.165, 1.54) is 6.42 Å². The lowest BCUT2D eigenvalue weighted by molar-refractivity contribution is -0.132. The Labute approximate surface area is 166 Å². The first-order chi connectivity index (χ1) is 13.2. The predicted molar refractivity (Wildman–Crippen MR) is 109 cm³/mol. The van der Waals surface area contributed by atoms with Crippen LogP contribution < -0.4 is 10.1 Å². The number of carbonyl (C=O) groups is 1. The summed E-state index contributed by atoms with van der Waals surface area (Å²) in [6.07, 6.45) is 2.69. The van der Waals surface area contributed by atoms with Crippen molar-refractivity contribution in [2.24, 2.45) is 5.92 Å². The van der Waals surface area contributed by atoms with E-state index in [1.54, 1.807) is 0 Å². The molecule has 1 aliphatic rings. The van der Waals surface area contributed by atoms with Crippen molar-refractivity contribution in [1.29, 1.82) is 0 Å². The largest absolute Gasteiger partial charge is 0.489 e. The Balaban J connectivity index is 1.57. The van der Waals surface area contributed by atoms with E-state index in [1.807, 2.05) is 60.5 Å². The average Bonchev–Trinajstić information content (AvgIpc) is 2.68. The second-order valence-corrected chi connectivity index (χ2v) is 7.52. The van der Waals surface area contributed by atoms with E-state index >= 15 is 0 Å². The van der Waals surface area contributed by atoms with Crippen LogP contribution in [0.2, 0.25) is 5.02 Å². The van der Waals surface area contributed by atoms with Crippen LogP contribution in [0.1, 0.15) is 24.0 Å². The van der Waals surface area contributed by atoms with Gasteiger partial charge in [0, 0.05) is 23.7 Å². The van der Waals surface area contributed by atoms with Crippen molar-refractivity contribution < 1.29 is 9.53 Å². The van der Waals surface area contributed by atoms with Crippen LogP contribution in [0.5, 0.6) is 5.75 Å². The molecule has 1 atom stereocenters. The molecule has 1 aliphatic heterocycles. The molecule has 2 aromatic rings. The molecule has 4 nitrogen and oxygen atoms in total. The highest BCUT2D eigenvalue weighted by Crippen LogP contribution is 2.21. The molecule has 1 heterocycles. The number of amides is 1. The normalized spacial score (nSPS) is 17.0. The van der Waals surface area contributed by atoms with Gasteiger partial charge in [-0.3, -0.25) is 4.79 Å². The molecule has 144 valence electrons. The molecule has 3 rings (SSSR count). The molecule has 0 spiro atoms. The molecule has 5 heteroatoms. The van der Waals surface area contributed by atoms with Gasteiger partial charge < -0.3 is 15.0 Å². The summed E-state index contributed by atoms with van der Waals surface area (Å²) in [5, 5.41) is 3.92. The van der Waals surface area contributed by atoms with E-state index in [0.717, 1.165) is 42.9 Å². The van der Waals surface area contributed by atoms with E-state index in [2.05, 4.69) is 5.32 Å². The van der Waals surface area contributed by atoms with Crippen LogP contribution in [0.25, 0.3) is 0 Å². The maximum atomic E-state index is 12.7. The average molecular weight is 387 g/mol. The second kappa shape index (κ2) is 9.77. The highest BCUT2D eigenvalue weighted by atomic mass is 35.5. The quantitative estimate of drug-likeness (QED) is 0.784. The molecule has 27 heavy (non-hydrogen) atoms. The Hall–Kier alpha value is -2.04. The van der Waals surface area contributed by atoms with Crippen LogP contribution in [0.15, 0.2) is 48.5 Å². The standard InChI is InChI=1S/C22H27ClN2O2/c1-24-14-18-7-5-11-25(15-18)22(26)13-17-6-4-9-20(12-17)27-16-19-8-2-3-10-21(19)23/h2-4,6,8-10,12,18,24H,5,7,11,13-16H2,1H3. The van der Waals surface area contributed by atoms with Gasteiger partial charge in [-0.05, 0) is 56.1 Å². The number of benzene rings is 2. The molecule has 1 N–H and O–H groups in total. The molecule has 0 bridgehead atoms. The lowest BCUT2D eigenvalue weighted by Crippen LogP contribution is -2.43. The van der Waals surface area contributed by atoms with E-state index < -0.39 is 0 Å². The number of rotatable bonds is 7. The Kier molecular flexibility index (Phi) is 7.13. The fourth-order valence-corrected chi connectivity index (χ4v) is 3.75. The number of nitrogens with zero attached hydrogens (tertiary/aromatic N) is 1. The van der Waals surface area contributed by atoms with E-state index in [0.29, 0.717) is 24.0 Å². The smallest absolute Gasteiger partial charge is 0.227 e. The molecule has 0 aliphatic carbocycles. The van der Waals surface area contributed by atoms with Gasteiger partial charge in [0.15, 0.2) is 0 Å². The molecule has 1 saturated heterocycles. The van der Waals surface area contributed by atoms with Gasteiger partial charge in [-0.1, -0.05) is 41.9 Å². The van der Waals surface area contributed by atoms with Crippen LogP contribution in [0.4, 0.5) is 0 Å². The Morgan fingerprint density at radius 3 is 2.93 bits per heavy atom. The Bertz CT molecular complexity index is 763. The lowest BCUT2D eigenvalue weighted by Gasteiger charge is -2.32. The fourth-order valence-electron chi connectivity index (χ4n) is 3.56. The van der Waals surface area contributed by atoms with Gasteiger partial charge in [-0.15, -0.1) is 0 Å². The van der Waals surface area contributed by atoms with Crippen molar-refractivity contribution in [1.82, 2.24) is 10.2 Å². The molecule has 0 saturated carbocycles. The first-order valence-electron chi connectivity index (χ1n) is 9.53. The van der Waals surface area contributed by atoms with E-state index in [-0.39, 0.29) is 5.91 Å². The summed E-state index contributed by atoms with van der Waals surface area (Å²) in [5.41, 5.74) is 1.93. The van der Waals surface area contributed by atoms with Gasteiger partial charge in [0.05, 0.1) is 6.42 Å². The highest BCUT2D eigenvalue weighted by Gasteiger charge is 2.23. The minimum Gasteiger partial charge on any atom is -0.489 e.